The number of benzene rings is 1. The van der Waals surface area contributed by atoms with Crippen LogP contribution in [0.4, 0.5) is 0 Å². The lowest BCUT2D eigenvalue weighted by atomic mass is 9.89. The zero-order valence-electron chi connectivity index (χ0n) is 13.2. The number of hydrogen-bond acceptors (Lipinski definition) is 4. The van der Waals surface area contributed by atoms with E-state index in [9.17, 15) is 9.59 Å². The van der Waals surface area contributed by atoms with Crippen molar-refractivity contribution in [1.29, 1.82) is 0 Å². The van der Waals surface area contributed by atoms with Gasteiger partial charge in [-0.15, -0.1) is 0 Å². The number of rotatable bonds is 7. The highest BCUT2D eigenvalue weighted by Crippen LogP contribution is 2.23. The summed E-state index contributed by atoms with van der Waals surface area (Å²) in [5.74, 6) is -0.882. The number of nitrogens with one attached hydrogen (secondary N) is 1. The van der Waals surface area contributed by atoms with Crippen molar-refractivity contribution in [3.8, 4) is 11.3 Å². The summed E-state index contributed by atoms with van der Waals surface area (Å²) in [6, 6.07) is 10.9. The number of hydrogen-bond donors (Lipinski definition) is 2. The van der Waals surface area contributed by atoms with Crippen molar-refractivity contribution in [2.24, 2.45) is 0 Å². The maximum Gasteiger partial charge on any atom is 0.305 e. The Kier molecular flexibility index (Phi) is 5.16. The van der Waals surface area contributed by atoms with Crippen molar-refractivity contribution in [3.05, 3.63) is 42.1 Å². The maximum absolute atomic E-state index is 12.4. The Labute approximate surface area is 134 Å². The molecule has 1 aromatic heterocycles. The number of amides is 1. The van der Waals surface area contributed by atoms with Crippen LogP contribution in [0.5, 0.6) is 0 Å². The lowest BCUT2D eigenvalue weighted by Gasteiger charge is -2.30. The molecule has 0 radical (unpaired) electrons. The molecule has 6 heteroatoms. The third-order valence-electron chi connectivity index (χ3n) is 4.02. The van der Waals surface area contributed by atoms with Crippen LogP contribution in [0.25, 0.3) is 11.3 Å². The van der Waals surface area contributed by atoms with E-state index in [1.165, 1.54) is 0 Å². The molecule has 0 saturated carbocycles. The lowest BCUT2D eigenvalue weighted by Crippen LogP contribution is -2.49. The van der Waals surface area contributed by atoms with Gasteiger partial charge in [-0.3, -0.25) is 9.59 Å². The topological polar surface area (TPSA) is 92.4 Å². The monoisotopic (exact) mass is 316 g/mol. The highest BCUT2D eigenvalue weighted by molar-refractivity contribution is 5.94. The Balaban J connectivity index is 2.17. The molecule has 0 spiro atoms. The normalized spacial score (nSPS) is 11.2. The second kappa shape index (κ2) is 7.09. The third-order valence-corrected chi connectivity index (χ3v) is 4.02. The molecule has 1 amide bonds. The first-order chi connectivity index (χ1) is 11.0. The van der Waals surface area contributed by atoms with E-state index in [1.807, 2.05) is 44.2 Å². The van der Waals surface area contributed by atoms with Crippen molar-refractivity contribution in [2.45, 2.75) is 38.6 Å². The van der Waals surface area contributed by atoms with Crippen molar-refractivity contribution >= 4 is 11.9 Å². The molecule has 0 atom stereocenters. The molecule has 0 aliphatic carbocycles. The summed E-state index contributed by atoms with van der Waals surface area (Å²) in [6.45, 7) is 3.70. The molecule has 0 aliphatic heterocycles. The second-order valence-corrected chi connectivity index (χ2v) is 5.45. The van der Waals surface area contributed by atoms with Crippen LogP contribution in [0.1, 0.15) is 43.6 Å². The first-order valence-electron chi connectivity index (χ1n) is 7.56. The SMILES string of the molecule is CCC(CC)(CC(=O)O)NC(=O)c1cc(-c2ccccc2)on1. The number of carbonyl (C=O) groups excluding carboxylic acids is 1. The minimum atomic E-state index is -0.945. The van der Waals surface area contributed by atoms with E-state index in [-0.39, 0.29) is 12.1 Å². The highest BCUT2D eigenvalue weighted by atomic mass is 16.5. The fourth-order valence-electron chi connectivity index (χ4n) is 2.44. The standard InChI is InChI=1S/C17H20N2O4/c1-3-17(4-2,11-15(20)21)18-16(22)13-10-14(23-19-13)12-8-6-5-7-9-12/h5-10H,3-4,11H2,1-2H3,(H,18,22)(H,20,21). The maximum atomic E-state index is 12.4. The minimum absolute atomic E-state index is 0.130. The third kappa shape index (κ3) is 3.97. The van der Waals surface area contributed by atoms with Crippen LogP contribution >= 0.6 is 0 Å². The van der Waals surface area contributed by atoms with E-state index in [2.05, 4.69) is 10.5 Å². The molecule has 0 fully saturated rings. The average molecular weight is 316 g/mol. The molecule has 1 heterocycles. The average Bonchev–Trinajstić information content (AvgIpc) is 3.04. The number of carbonyl (C=O) groups is 2. The summed E-state index contributed by atoms with van der Waals surface area (Å²) in [4.78, 5) is 23.4. The van der Waals surface area contributed by atoms with Gasteiger partial charge in [-0.2, -0.15) is 0 Å². The van der Waals surface area contributed by atoms with Crippen molar-refractivity contribution in [1.82, 2.24) is 10.5 Å². The van der Waals surface area contributed by atoms with Gasteiger partial charge in [0.05, 0.1) is 12.0 Å². The minimum Gasteiger partial charge on any atom is -0.481 e. The van der Waals surface area contributed by atoms with Crippen molar-refractivity contribution in [2.75, 3.05) is 0 Å². The number of aromatic nitrogens is 1. The number of nitrogens with zero attached hydrogens (tertiary/aromatic N) is 1. The van der Waals surface area contributed by atoms with Crippen LogP contribution in [0.3, 0.4) is 0 Å². The first-order valence-corrected chi connectivity index (χ1v) is 7.56. The van der Waals surface area contributed by atoms with Gasteiger partial charge in [0.1, 0.15) is 0 Å². The Morgan fingerprint density at radius 3 is 2.43 bits per heavy atom. The van der Waals surface area contributed by atoms with E-state index in [1.54, 1.807) is 6.07 Å². The van der Waals surface area contributed by atoms with Gasteiger partial charge in [-0.25, -0.2) is 0 Å². The van der Waals surface area contributed by atoms with Crippen LogP contribution in [0.2, 0.25) is 0 Å². The van der Waals surface area contributed by atoms with E-state index in [4.69, 9.17) is 9.63 Å². The molecule has 122 valence electrons. The van der Waals surface area contributed by atoms with Gasteiger partial charge in [0.25, 0.3) is 5.91 Å². The first kappa shape index (κ1) is 16.7. The summed E-state index contributed by atoms with van der Waals surface area (Å²) < 4.78 is 5.21. The molecule has 2 N–H and O–H groups in total. The molecule has 23 heavy (non-hydrogen) atoms. The van der Waals surface area contributed by atoms with E-state index in [0.29, 0.717) is 18.6 Å². The van der Waals surface area contributed by atoms with E-state index >= 15 is 0 Å². The predicted octanol–water partition coefficient (Wildman–Crippen LogP) is 3.10. The second-order valence-electron chi connectivity index (χ2n) is 5.45. The largest absolute Gasteiger partial charge is 0.481 e. The van der Waals surface area contributed by atoms with Gasteiger partial charge in [-0.05, 0) is 12.8 Å². The van der Waals surface area contributed by atoms with Crippen LogP contribution in [0.15, 0.2) is 40.9 Å². The molecule has 0 saturated heterocycles. The van der Waals surface area contributed by atoms with Gasteiger partial charge in [0.2, 0.25) is 0 Å². The Bertz CT molecular complexity index is 675. The molecule has 1 aromatic carbocycles. The molecule has 0 unspecified atom stereocenters. The van der Waals surface area contributed by atoms with E-state index < -0.39 is 17.4 Å². The van der Waals surface area contributed by atoms with Crippen LogP contribution in [-0.2, 0) is 4.79 Å². The molecule has 2 rings (SSSR count). The van der Waals surface area contributed by atoms with Gasteiger partial charge < -0.3 is 14.9 Å². The quantitative estimate of drug-likeness (QED) is 0.818. The Hall–Kier alpha value is -2.63. The van der Waals surface area contributed by atoms with Crippen molar-refractivity contribution < 1.29 is 19.2 Å². The summed E-state index contributed by atoms with van der Waals surface area (Å²) >= 11 is 0. The number of carboxylic acid groups (broad SMARTS) is 1. The molecule has 2 aromatic rings. The van der Waals surface area contributed by atoms with Gasteiger partial charge in [-0.1, -0.05) is 49.3 Å². The lowest BCUT2D eigenvalue weighted by molar-refractivity contribution is -0.138. The fourth-order valence-corrected chi connectivity index (χ4v) is 2.44. The summed E-state index contributed by atoms with van der Waals surface area (Å²) in [5, 5.41) is 15.7. The molecule has 0 aliphatic rings. The van der Waals surface area contributed by atoms with Gasteiger partial charge in [0.15, 0.2) is 11.5 Å². The van der Waals surface area contributed by atoms with Gasteiger partial charge >= 0.3 is 5.97 Å². The van der Waals surface area contributed by atoms with Crippen molar-refractivity contribution in [3.63, 3.8) is 0 Å². The molecule has 6 nitrogen and oxygen atoms in total. The molecular formula is C17H20N2O4. The summed E-state index contributed by atoms with van der Waals surface area (Å²) in [6.07, 6.45) is 0.908. The van der Waals surface area contributed by atoms with Gasteiger partial charge in [0, 0.05) is 11.6 Å². The predicted molar refractivity (Wildman–Crippen MR) is 85.0 cm³/mol. The number of carboxylic acids is 1. The smallest absolute Gasteiger partial charge is 0.305 e. The zero-order chi connectivity index (χ0) is 16.9. The fraction of sp³-hybridized carbons (Fsp3) is 0.353. The van der Waals surface area contributed by atoms with Crippen LogP contribution in [0, 0.1) is 0 Å². The Morgan fingerprint density at radius 1 is 1.22 bits per heavy atom. The van der Waals surface area contributed by atoms with Crippen LogP contribution < -0.4 is 5.32 Å². The van der Waals surface area contributed by atoms with E-state index in [0.717, 1.165) is 5.56 Å². The summed E-state index contributed by atoms with van der Waals surface area (Å²) in [5.41, 5.74) is 0.178. The summed E-state index contributed by atoms with van der Waals surface area (Å²) in [7, 11) is 0. The molecule has 0 bridgehead atoms. The molecular weight excluding hydrogens is 296 g/mol. The zero-order valence-corrected chi connectivity index (χ0v) is 13.2. The highest BCUT2D eigenvalue weighted by Gasteiger charge is 2.32. The van der Waals surface area contributed by atoms with Crippen LogP contribution in [-0.4, -0.2) is 27.7 Å². The number of aliphatic carboxylic acids is 1. The Morgan fingerprint density at radius 2 is 1.87 bits per heavy atom.